The monoisotopic (exact) mass is 443 g/mol. The first-order valence-corrected chi connectivity index (χ1v) is 10.3. The largest absolute Gasteiger partial charge is 0.573 e. The fourth-order valence-corrected chi connectivity index (χ4v) is 3.77. The summed E-state index contributed by atoms with van der Waals surface area (Å²) in [5, 5.41) is 0. The average molecular weight is 443 g/mol. The van der Waals surface area contributed by atoms with Gasteiger partial charge < -0.3 is 4.74 Å². The molecule has 0 saturated heterocycles. The molecule has 30 heavy (non-hydrogen) atoms. The first-order valence-electron chi connectivity index (χ1n) is 8.37. The van der Waals surface area contributed by atoms with E-state index in [-0.39, 0.29) is 22.3 Å². The van der Waals surface area contributed by atoms with E-state index < -0.39 is 38.5 Å². The maximum Gasteiger partial charge on any atom is 0.573 e. The van der Waals surface area contributed by atoms with Crippen LogP contribution in [0.3, 0.4) is 0 Å². The molecule has 3 aromatic rings. The van der Waals surface area contributed by atoms with Crippen LogP contribution in [0.5, 0.6) is 5.75 Å². The Hall–Kier alpha value is -3.01. The van der Waals surface area contributed by atoms with E-state index in [0.717, 1.165) is 18.2 Å². The Morgan fingerprint density at radius 3 is 2.13 bits per heavy atom. The molecule has 0 aliphatic carbocycles. The van der Waals surface area contributed by atoms with Crippen LogP contribution in [0.4, 0.5) is 22.0 Å². The maximum atomic E-state index is 14.3. The maximum absolute atomic E-state index is 14.3. The number of rotatable bonds is 4. The minimum absolute atomic E-state index is 0.0284. The molecule has 0 aliphatic heterocycles. The van der Waals surface area contributed by atoms with E-state index in [1.807, 2.05) is 0 Å². The Kier molecular flexibility index (Phi) is 5.55. The van der Waals surface area contributed by atoms with Crippen molar-refractivity contribution in [3.8, 4) is 28.0 Å². The summed E-state index contributed by atoms with van der Waals surface area (Å²) >= 11 is 0. The molecule has 0 atom stereocenters. The van der Waals surface area contributed by atoms with E-state index in [1.54, 1.807) is 0 Å². The van der Waals surface area contributed by atoms with Gasteiger partial charge in [0, 0.05) is 24.2 Å². The first-order chi connectivity index (χ1) is 13.9. The smallest absolute Gasteiger partial charge is 0.405 e. The van der Waals surface area contributed by atoms with Crippen molar-refractivity contribution in [1.82, 2.24) is 4.98 Å². The molecule has 0 N–H and O–H groups in total. The summed E-state index contributed by atoms with van der Waals surface area (Å²) < 4.78 is 93.9. The summed E-state index contributed by atoms with van der Waals surface area (Å²) in [4.78, 5) is 2.84. The standard InChI is InChI=1S/C20H14F5NO3S/c1-11-3-4-12(9-18(11)29-20(23,24)25)14-5-6-26-10-15(14)13-7-16(21)19(17(22)8-13)30(2,27)28/h3-10H,1-2H3. The lowest BCUT2D eigenvalue weighted by molar-refractivity contribution is -0.274. The number of hydrogen-bond acceptors (Lipinski definition) is 4. The van der Waals surface area contributed by atoms with Gasteiger partial charge in [0.25, 0.3) is 0 Å². The van der Waals surface area contributed by atoms with Crippen LogP contribution in [0, 0.1) is 18.6 Å². The normalized spacial score (nSPS) is 12.1. The Morgan fingerprint density at radius 1 is 0.933 bits per heavy atom. The van der Waals surface area contributed by atoms with Gasteiger partial charge in [-0.1, -0.05) is 12.1 Å². The molecule has 0 bridgehead atoms. The second-order valence-electron chi connectivity index (χ2n) is 6.49. The van der Waals surface area contributed by atoms with Crippen molar-refractivity contribution < 1.29 is 35.1 Å². The highest BCUT2D eigenvalue weighted by Gasteiger charge is 2.32. The molecule has 3 rings (SSSR count). The van der Waals surface area contributed by atoms with Gasteiger partial charge in [-0.05, 0) is 53.4 Å². The van der Waals surface area contributed by atoms with Crippen LogP contribution >= 0.6 is 0 Å². The molecule has 0 radical (unpaired) electrons. The summed E-state index contributed by atoms with van der Waals surface area (Å²) in [7, 11) is -4.14. The minimum atomic E-state index is -4.89. The van der Waals surface area contributed by atoms with Gasteiger partial charge in [0.2, 0.25) is 0 Å². The summed E-state index contributed by atoms with van der Waals surface area (Å²) in [6, 6.07) is 7.21. The van der Waals surface area contributed by atoms with E-state index in [4.69, 9.17) is 0 Å². The van der Waals surface area contributed by atoms with Crippen molar-refractivity contribution in [2.75, 3.05) is 6.26 Å². The number of aryl methyl sites for hydroxylation is 1. The lowest BCUT2D eigenvalue weighted by Crippen LogP contribution is -2.17. The van der Waals surface area contributed by atoms with Crippen LogP contribution in [0.25, 0.3) is 22.3 Å². The summed E-state index contributed by atoms with van der Waals surface area (Å²) in [5.41, 5.74) is 1.01. The third-order valence-electron chi connectivity index (χ3n) is 4.23. The molecular weight excluding hydrogens is 429 g/mol. The van der Waals surface area contributed by atoms with E-state index >= 15 is 0 Å². The van der Waals surface area contributed by atoms with Crippen molar-refractivity contribution in [1.29, 1.82) is 0 Å². The first kappa shape index (κ1) is 21.7. The number of aromatic nitrogens is 1. The van der Waals surface area contributed by atoms with Crippen LogP contribution in [0.2, 0.25) is 0 Å². The topological polar surface area (TPSA) is 56.3 Å². The third kappa shape index (κ3) is 4.59. The summed E-state index contributed by atoms with van der Waals surface area (Å²) in [6.45, 7) is 1.44. The van der Waals surface area contributed by atoms with Gasteiger partial charge in [-0.3, -0.25) is 4.98 Å². The molecule has 0 saturated carbocycles. The number of nitrogens with zero attached hydrogens (tertiary/aromatic N) is 1. The quantitative estimate of drug-likeness (QED) is 0.514. The fourth-order valence-electron chi connectivity index (χ4n) is 2.95. The SMILES string of the molecule is Cc1ccc(-c2ccncc2-c2cc(F)c(S(C)(=O)=O)c(F)c2)cc1OC(F)(F)F. The molecule has 1 heterocycles. The zero-order chi connectivity index (χ0) is 22.3. The zero-order valence-electron chi connectivity index (χ0n) is 15.6. The molecule has 4 nitrogen and oxygen atoms in total. The molecule has 0 aliphatic rings. The fraction of sp³-hybridized carbons (Fsp3) is 0.150. The van der Waals surface area contributed by atoms with Crippen LogP contribution < -0.4 is 4.74 Å². The van der Waals surface area contributed by atoms with Gasteiger partial charge in [0.1, 0.15) is 22.3 Å². The predicted molar refractivity (Wildman–Crippen MR) is 99.6 cm³/mol. The number of sulfone groups is 1. The van der Waals surface area contributed by atoms with Gasteiger partial charge in [-0.2, -0.15) is 0 Å². The lowest BCUT2D eigenvalue weighted by Gasteiger charge is -2.15. The highest BCUT2D eigenvalue weighted by Crippen LogP contribution is 2.37. The van der Waals surface area contributed by atoms with Gasteiger partial charge in [-0.15, -0.1) is 13.2 Å². The molecule has 0 unspecified atom stereocenters. The van der Waals surface area contributed by atoms with Gasteiger partial charge in [0.05, 0.1) is 0 Å². The van der Waals surface area contributed by atoms with E-state index in [9.17, 15) is 30.4 Å². The molecule has 158 valence electrons. The Bertz CT molecular complexity index is 1200. The predicted octanol–water partition coefficient (Wildman–Crippen LogP) is 5.30. The number of benzene rings is 2. The van der Waals surface area contributed by atoms with Crippen molar-refractivity contribution in [3.05, 3.63) is 66.0 Å². The van der Waals surface area contributed by atoms with Gasteiger partial charge in [-0.25, -0.2) is 17.2 Å². The second kappa shape index (κ2) is 7.67. The van der Waals surface area contributed by atoms with Crippen LogP contribution in [-0.4, -0.2) is 26.0 Å². The molecule has 0 spiro atoms. The molecule has 10 heteroatoms. The van der Waals surface area contributed by atoms with Crippen LogP contribution in [0.1, 0.15) is 5.56 Å². The molecule has 0 fully saturated rings. The number of hydrogen-bond donors (Lipinski definition) is 0. The third-order valence-corrected chi connectivity index (χ3v) is 5.36. The molecular formula is C20H14F5NO3S. The van der Waals surface area contributed by atoms with E-state index in [1.165, 1.54) is 37.5 Å². The Labute approximate surface area is 168 Å². The number of ether oxygens (including phenoxy) is 1. The molecule has 2 aromatic carbocycles. The van der Waals surface area contributed by atoms with Crippen molar-refractivity contribution in [2.45, 2.75) is 18.2 Å². The van der Waals surface area contributed by atoms with Crippen molar-refractivity contribution >= 4 is 9.84 Å². The van der Waals surface area contributed by atoms with Crippen LogP contribution in [0.15, 0.2) is 53.7 Å². The summed E-state index contributed by atoms with van der Waals surface area (Å²) in [6.07, 6.45) is -1.58. The lowest BCUT2D eigenvalue weighted by atomic mass is 9.95. The second-order valence-corrected chi connectivity index (χ2v) is 8.44. The summed E-state index contributed by atoms with van der Waals surface area (Å²) in [5.74, 6) is -2.99. The highest BCUT2D eigenvalue weighted by molar-refractivity contribution is 7.90. The van der Waals surface area contributed by atoms with Crippen molar-refractivity contribution in [2.24, 2.45) is 0 Å². The van der Waals surface area contributed by atoms with Crippen LogP contribution in [-0.2, 0) is 9.84 Å². The zero-order valence-corrected chi connectivity index (χ0v) is 16.4. The number of halogens is 5. The molecule has 0 amide bonds. The minimum Gasteiger partial charge on any atom is -0.405 e. The highest BCUT2D eigenvalue weighted by atomic mass is 32.2. The Balaban J connectivity index is 2.17. The Morgan fingerprint density at radius 2 is 1.57 bits per heavy atom. The number of pyridine rings is 1. The van der Waals surface area contributed by atoms with Gasteiger partial charge in [0.15, 0.2) is 9.84 Å². The average Bonchev–Trinajstić information content (AvgIpc) is 2.60. The van der Waals surface area contributed by atoms with Crippen molar-refractivity contribution in [3.63, 3.8) is 0 Å². The van der Waals surface area contributed by atoms with E-state index in [0.29, 0.717) is 11.8 Å². The molecule has 1 aromatic heterocycles. The number of alkyl halides is 3. The van der Waals surface area contributed by atoms with Gasteiger partial charge >= 0.3 is 6.36 Å². The van der Waals surface area contributed by atoms with E-state index in [2.05, 4.69) is 9.72 Å².